The molecule has 1 aromatic heterocycles. The van der Waals surface area contributed by atoms with Gasteiger partial charge in [0.15, 0.2) is 0 Å². The van der Waals surface area contributed by atoms with Gasteiger partial charge in [0.25, 0.3) is 10.0 Å². The van der Waals surface area contributed by atoms with Gasteiger partial charge in [-0.1, -0.05) is 30.3 Å². The molecule has 0 atom stereocenters. The topological polar surface area (TPSA) is 104 Å². The van der Waals surface area contributed by atoms with E-state index in [9.17, 15) is 17.6 Å². The molecule has 2 N–H and O–H groups in total. The van der Waals surface area contributed by atoms with Gasteiger partial charge in [-0.3, -0.25) is 0 Å². The minimum atomic E-state index is -4.15. The highest BCUT2D eigenvalue weighted by Gasteiger charge is 2.22. The van der Waals surface area contributed by atoms with Gasteiger partial charge in [-0.2, -0.15) is 8.42 Å². The van der Waals surface area contributed by atoms with Crippen molar-refractivity contribution in [1.82, 2.24) is 9.19 Å². The zero-order valence-electron chi connectivity index (χ0n) is 13.8. The third-order valence-corrected chi connectivity index (χ3v) is 5.05. The molecule has 0 spiro atoms. The van der Waals surface area contributed by atoms with Crippen molar-refractivity contribution in [3.8, 4) is 5.88 Å². The summed E-state index contributed by atoms with van der Waals surface area (Å²) >= 11 is 0. The number of carbonyl (C=O) groups is 1. The molecule has 0 aliphatic carbocycles. The number of aromatic nitrogens is 2. The van der Waals surface area contributed by atoms with E-state index in [2.05, 4.69) is 5.10 Å². The zero-order valence-corrected chi connectivity index (χ0v) is 14.6. The fourth-order valence-corrected chi connectivity index (χ4v) is 3.37. The van der Waals surface area contributed by atoms with E-state index < -0.39 is 21.8 Å². The van der Waals surface area contributed by atoms with Gasteiger partial charge in [0, 0.05) is 12.1 Å². The predicted octanol–water partition coefficient (Wildman–Crippen LogP) is 2.46. The molecule has 138 valence electrons. The summed E-state index contributed by atoms with van der Waals surface area (Å²) in [6.07, 6.45) is 2.72. The Bertz CT molecular complexity index is 1090. The van der Waals surface area contributed by atoms with E-state index in [0.29, 0.717) is 4.09 Å². The lowest BCUT2D eigenvalue weighted by atomic mass is 10.2. The van der Waals surface area contributed by atoms with E-state index in [1.807, 2.05) is 18.2 Å². The number of nitrogens with zero attached hydrogens (tertiary/aromatic N) is 2. The Labute approximate surface area is 154 Å². The fourth-order valence-electron chi connectivity index (χ4n) is 2.17. The lowest BCUT2D eigenvalue weighted by Gasteiger charge is -2.05. The second-order valence-corrected chi connectivity index (χ2v) is 7.14. The van der Waals surface area contributed by atoms with Gasteiger partial charge < -0.3 is 10.5 Å². The van der Waals surface area contributed by atoms with E-state index in [4.69, 9.17) is 10.5 Å². The van der Waals surface area contributed by atoms with Crippen LogP contribution in [0.15, 0.2) is 71.6 Å². The van der Waals surface area contributed by atoms with Crippen molar-refractivity contribution in [1.29, 1.82) is 0 Å². The maximum absolute atomic E-state index is 13.0. The van der Waals surface area contributed by atoms with Crippen molar-refractivity contribution in [3.63, 3.8) is 0 Å². The maximum Gasteiger partial charge on any atom is 0.337 e. The largest absolute Gasteiger partial charge is 0.403 e. The quantitative estimate of drug-likeness (QED) is 0.533. The number of carbonyl (C=O) groups excluding carboxylic acids is 1. The van der Waals surface area contributed by atoms with Crippen molar-refractivity contribution >= 4 is 27.9 Å². The Kier molecular flexibility index (Phi) is 5.04. The van der Waals surface area contributed by atoms with Crippen LogP contribution in [-0.4, -0.2) is 23.6 Å². The third kappa shape index (κ3) is 4.21. The van der Waals surface area contributed by atoms with Crippen LogP contribution in [0.4, 0.5) is 10.2 Å². The fraction of sp³-hybridized carbons (Fsp3) is 0. The molecular weight excluding hydrogens is 373 g/mol. The molecule has 0 unspecified atom stereocenters. The standard InChI is InChI=1S/C18H14FN3O4S/c19-14-7-9-15(10-8-14)27(24,25)22-16(20)12-17(21-22)26-18(23)11-6-13-4-2-1-3-5-13/h1-12H,20H2. The molecule has 9 heteroatoms. The molecule has 2 aromatic carbocycles. The van der Waals surface area contributed by atoms with E-state index in [1.165, 1.54) is 12.2 Å². The predicted molar refractivity (Wildman–Crippen MR) is 96.7 cm³/mol. The maximum atomic E-state index is 13.0. The minimum absolute atomic E-state index is 0.208. The van der Waals surface area contributed by atoms with E-state index in [-0.39, 0.29) is 16.6 Å². The highest BCUT2D eigenvalue weighted by Crippen LogP contribution is 2.21. The lowest BCUT2D eigenvalue weighted by Crippen LogP contribution is -2.17. The highest BCUT2D eigenvalue weighted by molar-refractivity contribution is 7.90. The summed E-state index contributed by atoms with van der Waals surface area (Å²) in [5.41, 5.74) is 6.46. The van der Waals surface area contributed by atoms with Crippen molar-refractivity contribution in [2.75, 3.05) is 5.73 Å². The number of halogens is 1. The van der Waals surface area contributed by atoms with Gasteiger partial charge in [0.1, 0.15) is 11.6 Å². The average Bonchev–Trinajstić information content (AvgIpc) is 3.02. The molecular formula is C18H14FN3O4S. The van der Waals surface area contributed by atoms with Crippen LogP contribution in [0.1, 0.15) is 5.56 Å². The molecule has 0 saturated carbocycles. The molecule has 1 heterocycles. The molecule has 0 aliphatic rings. The molecule has 0 fully saturated rings. The molecule has 27 heavy (non-hydrogen) atoms. The Balaban J connectivity index is 1.79. The van der Waals surface area contributed by atoms with Crippen molar-refractivity contribution < 1.29 is 22.3 Å². The monoisotopic (exact) mass is 387 g/mol. The SMILES string of the molecule is Nc1cc(OC(=O)C=Cc2ccccc2)nn1S(=O)(=O)c1ccc(F)cc1. The first-order chi connectivity index (χ1) is 12.9. The summed E-state index contributed by atoms with van der Waals surface area (Å²) in [7, 11) is -4.15. The van der Waals surface area contributed by atoms with E-state index >= 15 is 0 Å². The molecule has 0 amide bonds. The first-order valence-electron chi connectivity index (χ1n) is 7.68. The van der Waals surface area contributed by atoms with E-state index in [0.717, 1.165) is 35.9 Å². The Morgan fingerprint density at radius 1 is 1.11 bits per heavy atom. The van der Waals surface area contributed by atoms with Gasteiger partial charge in [-0.25, -0.2) is 9.18 Å². The van der Waals surface area contributed by atoms with Crippen LogP contribution in [0.25, 0.3) is 6.08 Å². The number of esters is 1. The Morgan fingerprint density at radius 3 is 2.44 bits per heavy atom. The lowest BCUT2D eigenvalue weighted by molar-refractivity contribution is -0.129. The molecule has 0 bridgehead atoms. The first-order valence-corrected chi connectivity index (χ1v) is 9.12. The average molecular weight is 387 g/mol. The van der Waals surface area contributed by atoms with Crippen molar-refractivity contribution in [2.45, 2.75) is 4.90 Å². The summed E-state index contributed by atoms with van der Waals surface area (Å²) in [6, 6.07) is 14.3. The smallest absolute Gasteiger partial charge is 0.337 e. The summed E-state index contributed by atoms with van der Waals surface area (Å²) in [6.45, 7) is 0. The van der Waals surface area contributed by atoms with Crippen molar-refractivity contribution in [3.05, 3.63) is 78.1 Å². The van der Waals surface area contributed by atoms with Crippen LogP contribution < -0.4 is 10.5 Å². The van der Waals surface area contributed by atoms with E-state index in [1.54, 1.807) is 12.1 Å². The zero-order chi connectivity index (χ0) is 19.4. The third-order valence-electron chi connectivity index (χ3n) is 3.44. The number of hydrogen-bond acceptors (Lipinski definition) is 6. The number of ether oxygens (including phenoxy) is 1. The second kappa shape index (κ2) is 7.42. The number of anilines is 1. The minimum Gasteiger partial charge on any atom is -0.403 e. The number of nitrogens with two attached hydrogens (primary N) is 1. The molecule has 3 rings (SSSR count). The van der Waals surface area contributed by atoms with Crippen LogP contribution in [0, 0.1) is 5.82 Å². The summed E-state index contributed by atoms with van der Waals surface area (Å²) in [4.78, 5) is 11.7. The first kappa shape index (κ1) is 18.3. The van der Waals surface area contributed by atoms with Crippen LogP contribution >= 0.6 is 0 Å². The van der Waals surface area contributed by atoms with Gasteiger partial charge in [0.2, 0.25) is 5.88 Å². The normalized spacial score (nSPS) is 11.6. The summed E-state index contributed by atoms with van der Waals surface area (Å²) in [5.74, 6) is -1.86. The van der Waals surface area contributed by atoms with Gasteiger partial charge in [-0.15, -0.1) is 9.19 Å². The number of rotatable bonds is 5. The van der Waals surface area contributed by atoms with Crippen molar-refractivity contribution in [2.24, 2.45) is 0 Å². The van der Waals surface area contributed by atoms with Crippen LogP contribution in [0.3, 0.4) is 0 Å². The van der Waals surface area contributed by atoms with Gasteiger partial charge in [0.05, 0.1) is 4.90 Å². The number of hydrogen-bond donors (Lipinski definition) is 1. The molecule has 0 radical (unpaired) electrons. The van der Waals surface area contributed by atoms with Crippen LogP contribution in [0.5, 0.6) is 5.88 Å². The van der Waals surface area contributed by atoms with Crippen LogP contribution in [-0.2, 0) is 14.8 Å². The Hall–Kier alpha value is -3.46. The summed E-state index contributed by atoms with van der Waals surface area (Å²) in [5, 5.41) is 3.71. The van der Waals surface area contributed by atoms with Gasteiger partial charge in [-0.05, 0) is 35.9 Å². The number of benzene rings is 2. The molecule has 7 nitrogen and oxygen atoms in total. The van der Waals surface area contributed by atoms with Crippen LogP contribution in [0.2, 0.25) is 0 Å². The number of nitrogen functional groups attached to an aromatic ring is 1. The van der Waals surface area contributed by atoms with Gasteiger partial charge >= 0.3 is 5.97 Å². The highest BCUT2D eigenvalue weighted by atomic mass is 32.2. The molecule has 3 aromatic rings. The second-order valence-electron chi connectivity index (χ2n) is 5.37. The Morgan fingerprint density at radius 2 is 1.78 bits per heavy atom. The summed E-state index contributed by atoms with van der Waals surface area (Å²) < 4.78 is 43.5. The molecule has 0 saturated heterocycles. The molecule has 0 aliphatic heterocycles.